The highest BCUT2D eigenvalue weighted by atomic mass is 16.5. The molecule has 182 valence electrons. The number of aryl methyl sites for hydroxylation is 2. The summed E-state index contributed by atoms with van der Waals surface area (Å²) in [4.78, 5) is 17.1. The van der Waals surface area contributed by atoms with Gasteiger partial charge in [0.25, 0.3) is 5.91 Å². The number of hydrogen-bond donors (Lipinski definition) is 1. The number of amides is 1. The van der Waals surface area contributed by atoms with E-state index < -0.39 is 0 Å². The Hall–Kier alpha value is -3.80. The second-order valence-corrected chi connectivity index (χ2v) is 8.94. The van der Waals surface area contributed by atoms with Gasteiger partial charge < -0.3 is 19.4 Å². The van der Waals surface area contributed by atoms with E-state index in [0.717, 1.165) is 35.6 Å². The van der Waals surface area contributed by atoms with E-state index in [1.165, 1.54) is 11.1 Å². The van der Waals surface area contributed by atoms with E-state index in [1.54, 1.807) is 0 Å². The number of imidazole rings is 1. The van der Waals surface area contributed by atoms with E-state index in [0.29, 0.717) is 24.8 Å². The molecule has 4 aromatic rings. The zero-order valence-corrected chi connectivity index (χ0v) is 20.7. The van der Waals surface area contributed by atoms with Gasteiger partial charge in [0.15, 0.2) is 6.61 Å². The number of rotatable bonds is 11. The van der Waals surface area contributed by atoms with Gasteiger partial charge in [0.05, 0.1) is 24.2 Å². The Bertz CT molecular complexity index is 1260. The predicted octanol–water partition coefficient (Wildman–Crippen LogP) is 5.63. The van der Waals surface area contributed by atoms with E-state index in [1.807, 2.05) is 48.5 Å². The van der Waals surface area contributed by atoms with Crippen LogP contribution in [-0.2, 0) is 17.9 Å². The molecule has 6 heteroatoms. The molecule has 35 heavy (non-hydrogen) atoms. The minimum atomic E-state index is -0.184. The van der Waals surface area contributed by atoms with Gasteiger partial charge in [0.1, 0.15) is 17.3 Å². The molecule has 3 aromatic carbocycles. The zero-order valence-electron chi connectivity index (χ0n) is 20.7. The number of carbonyl (C=O) groups is 1. The molecule has 0 fully saturated rings. The first-order valence-electron chi connectivity index (χ1n) is 12.1. The Morgan fingerprint density at radius 2 is 1.77 bits per heavy atom. The summed E-state index contributed by atoms with van der Waals surface area (Å²) in [6, 6.07) is 23.8. The van der Waals surface area contributed by atoms with Crippen molar-refractivity contribution in [1.82, 2.24) is 14.9 Å². The summed E-state index contributed by atoms with van der Waals surface area (Å²) >= 11 is 0. The molecular weight excluding hydrogens is 438 g/mol. The normalized spacial score (nSPS) is 11.1. The molecule has 1 heterocycles. The van der Waals surface area contributed by atoms with Crippen molar-refractivity contribution in [3.63, 3.8) is 0 Å². The molecule has 0 atom stereocenters. The number of hydrogen-bond acceptors (Lipinski definition) is 4. The highest BCUT2D eigenvalue weighted by Crippen LogP contribution is 2.27. The fourth-order valence-corrected chi connectivity index (χ4v) is 4.05. The zero-order chi connectivity index (χ0) is 24.6. The van der Waals surface area contributed by atoms with E-state index in [-0.39, 0.29) is 12.5 Å². The van der Waals surface area contributed by atoms with Gasteiger partial charge in [-0.05, 0) is 60.7 Å². The summed E-state index contributed by atoms with van der Waals surface area (Å²) < 4.78 is 13.9. The number of benzene rings is 3. The van der Waals surface area contributed by atoms with Crippen molar-refractivity contribution in [2.45, 2.75) is 46.2 Å². The molecule has 0 saturated heterocycles. The third kappa shape index (κ3) is 6.41. The fourth-order valence-electron chi connectivity index (χ4n) is 4.05. The predicted molar refractivity (Wildman–Crippen MR) is 139 cm³/mol. The number of para-hydroxylation sites is 3. The second-order valence-electron chi connectivity index (χ2n) is 8.94. The van der Waals surface area contributed by atoms with Crippen molar-refractivity contribution in [2.75, 3.05) is 13.2 Å². The largest absolute Gasteiger partial charge is 0.493 e. The number of nitrogens with zero attached hydrogens (tertiary/aromatic N) is 2. The molecule has 0 spiro atoms. The number of ether oxygens (including phenoxy) is 2. The number of aromatic nitrogens is 2. The third-order valence-corrected chi connectivity index (χ3v) is 5.87. The van der Waals surface area contributed by atoms with E-state index in [4.69, 9.17) is 14.5 Å². The average molecular weight is 472 g/mol. The summed E-state index contributed by atoms with van der Waals surface area (Å²) in [6.07, 6.45) is 0.823. The summed E-state index contributed by atoms with van der Waals surface area (Å²) in [5.74, 6) is 2.67. The maximum atomic E-state index is 12.4. The molecule has 1 aromatic heterocycles. The van der Waals surface area contributed by atoms with Gasteiger partial charge in [-0.2, -0.15) is 0 Å². The van der Waals surface area contributed by atoms with Gasteiger partial charge in [0.2, 0.25) is 0 Å². The first-order chi connectivity index (χ1) is 17.0. The number of nitrogens with one attached hydrogen (secondary N) is 1. The Kier molecular flexibility index (Phi) is 8.03. The highest BCUT2D eigenvalue weighted by Gasteiger charge is 2.13. The van der Waals surface area contributed by atoms with Crippen molar-refractivity contribution in [3.8, 4) is 11.5 Å². The summed E-state index contributed by atoms with van der Waals surface area (Å²) in [6.45, 7) is 8.09. The quantitative estimate of drug-likeness (QED) is 0.288. The molecule has 0 radical (unpaired) electrons. The monoisotopic (exact) mass is 471 g/mol. The molecule has 0 bridgehead atoms. The van der Waals surface area contributed by atoms with E-state index >= 15 is 0 Å². The lowest BCUT2D eigenvalue weighted by Gasteiger charge is -2.15. The van der Waals surface area contributed by atoms with Crippen LogP contribution in [0.5, 0.6) is 11.5 Å². The molecular formula is C29H33N3O3. The molecule has 6 nitrogen and oxygen atoms in total. The van der Waals surface area contributed by atoms with E-state index in [2.05, 4.69) is 54.9 Å². The van der Waals surface area contributed by atoms with Crippen LogP contribution >= 0.6 is 0 Å². The highest BCUT2D eigenvalue weighted by molar-refractivity contribution is 5.78. The van der Waals surface area contributed by atoms with Crippen molar-refractivity contribution >= 4 is 16.9 Å². The molecule has 1 amide bonds. The average Bonchev–Trinajstić information content (AvgIpc) is 3.22. The molecule has 0 saturated carbocycles. The number of fused-ring (bicyclic) bond motifs is 1. The van der Waals surface area contributed by atoms with Gasteiger partial charge in [0, 0.05) is 6.54 Å². The molecule has 1 N–H and O–H groups in total. The SMILES string of the molecule is Cc1ccc(C(C)C)c(OCCCn2c(CNC(=O)COc3ccccc3)nc3ccccc32)c1. The van der Waals surface area contributed by atoms with Crippen LogP contribution in [0.15, 0.2) is 72.8 Å². The van der Waals surface area contributed by atoms with Crippen LogP contribution in [0, 0.1) is 6.92 Å². The van der Waals surface area contributed by atoms with Crippen LogP contribution in [0.2, 0.25) is 0 Å². The lowest BCUT2D eigenvalue weighted by atomic mass is 10.0. The van der Waals surface area contributed by atoms with Crippen LogP contribution in [0.3, 0.4) is 0 Å². The van der Waals surface area contributed by atoms with Gasteiger partial charge in [-0.3, -0.25) is 4.79 Å². The van der Waals surface area contributed by atoms with Gasteiger partial charge in [-0.25, -0.2) is 4.98 Å². The van der Waals surface area contributed by atoms with Crippen LogP contribution in [0.25, 0.3) is 11.0 Å². The lowest BCUT2D eigenvalue weighted by Crippen LogP contribution is -2.29. The van der Waals surface area contributed by atoms with Crippen molar-refractivity contribution in [2.24, 2.45) is 0 Å². The standard InChI is InChI=1S/C29H33N3O3/c1-21(2)24-15-14-22(3)18-27(24)34-17-9-16-32-26-13-8-7-12-25(26)31-28(32)19-30-29(33)20-35-23-10-5-4-6-11-23/h4-8,10-15,18,21H,9,16-17,19-20H2,1-3H3,(H,30,33). The Balaban J connectivity index is 1.37. The Morgan fingerprint density at radius 3 is 2.57 bits per heavy atom. The van der Waals surface area contributed by atoms with Gasteiger partial charge in [-0.15, -0.1) is 0 Å². The lowest BCUT2D eigenvalue weighted by molar-refractivity contribution is -0.123. The first kappa shape index (κ1) is 24.3. The van der Waals surface area contributed by atoms with E-state index in [9.17, 15) is 4.79 Å². The van der Waals surface area contributed by atoms with Crippen molar-refractivity contribution in [3.05, 3.63) is 89.7 Å². The van der Waals surface area contributed by atoms with Crippen LogP contribution in [0.1, 0.15) is 43.1 Å². The van der Waals surface area contributed by atoms with Crippen LogP contribution in [-0.4, -0.2) is 28.7 Å². The summed E-state index contributed by atoms with van der Waals surface area (Å²) in [5.41, 5.74) is 4.39. The molecule has 4 rings (SSSR count). The maximum absolute atomic E-state index is 12.4. The van der Waals surface area contributed by atoms with Gasteiger partial charge in [-0.1, -0.05) is 56.3 Å². The molecule has 0 aliphatic heterocycles. The minimum Gasteiger partial charge on any atom is -0.493 e. The molecule has 0 aliphatic rings. The smallest absolute Gasteiger partial charge is 0.258 e. The van der Waals surface area contributed by atoms with Gasteiger partial charge >= 0.3 is 0 Å². The van der Waals surface area contributed by atoms with Crippen LogP contribution < -0.4 is 14.8 Å². The first-order valence-corrected chi connectivity index (χ1v) is 12.1. The van der Waals surface area contributed by atoms with Crippen molar-refractivity contribution < 1.29 is 14.3 Å². The third-order valence-electron chi connectivity index (χ3n) is 5.87. The number of carbonyl (C=O) groups excluding carboxylic acids is 1. The summed E-state index contributed by atoms with van der Waals surface area (Å²) in [7, 11) is 0. The Labute approximate surface area is 206 Å². The fraction of sp³-hybridized carbons (Fsp3) is 0.310. The summed E-state index contributed by atoms with van der Waals surface area (Å²) in [5, 5.41) is 2.93. The molecule has 0 aliphatic carbocycles. The Morgan fingerprint density at radius 1 is 1.00 bits per heavy atom. The maximum Gasteiger partial charge on any atom is 0.258 e. The second kappa shape index (κ2) is 11.6. The topological polar surface area (TPSA) is 65.4 Å². The van der Waals surface area contributed by atoms with Crippen molar-refractivity contribution in [1.29, 1.82) is 0 Å². The molecule has 0 unspecified atom stereocenters. The van der Waals surface area contributed by atoms with Crippen LogP contribution in [0.4, 0.5) is 0 Å². The minimum absolute atomic E-state index is 0.0350.